The third-order valence-electron chi connectivity index (χ3n) is 4.55. The van der Waals surface area contributed by atoms with E-state index >= 15 is 0 Å². The minimum Gasteiger partial charge on any atom is -0.436 e. The van der Waals surface area contributed by atoms with Crippen molar-refractivity contribution in [3.63, 3.8) is 0 Å². The van der Waals surface area contributed by atoms with Crippen LogP contribution in [-0.2, 0) is 14.3 Å². The number of fused-ring (bicyclic) bond motifs is 1. The summed E-state index contributed by atoms with van der Waals surface area (Å²) in [6, 6.07) is 14.4. The van der Waals surface area contributed by atoms with E-state index < -0.39 is 0 Å². The predicted molar refractivity (Wildman–Crippen MR) is 103 cm³/mol. The van der Waals surface area contributed by atoms with Crippen LogP contribution < -0.4 is 5.32 Å². The Morgan fingerprint density at radius 1 is 1.21 bits per heavy atom. The van der Waals surface area contributed by atoms with Crippen molar-refractivity contribution in [1.29, 1.82) is 5.26 Å². The number of oxazole rings is 1. The zero-order chi connectivity index (χ0) is 19.3. The van der Waals surface area contributed by atoms with E-state index in [0.29, 0.717) is 41.5 Å². The Balaban J connectivity index is 1.38. The van der Waals surface area contributed by atoms with E-state index in [1.807, 2.05) is 12.1 Å². The van der Waals surface area contributed by atoms with E-state index in [9.17, 15) is 4.79 Å². The van der Waals surface area contributed by atoms with Crippen LogP contribution in [0.1, 0.15) is 18.4 Å². The first kappa shape index (κ1) is 18.2. The summed E-state index contributed by atoms with van der Waals surface area (Å²) in [4.78, 5) is 16.5. The van der Waals surface area contributed by atoms with Gasteiger partial charge in [-0.25, -0.2) is 4.98 Å². The fraction of sp³-hybridized carbons (Fsp3) is 0.286. The largest absolute Gasteiger partial charge is 0.436 e. The van der Waals surface area contributed by atoms with Crippen LogP contribution in [-0.4, -0.2) is 36.8 Å². The molecule has 7 heteroatoms. The van der Waals surface area contributed by atoms with Gasteiger partial charge in [0.05, 0.1) is 17.7 Å². The number of benzene rings is 2. The molecule has 4 rings (SSSR count). The number of aromatic nitrogens is 1. The molecular formula is C21H19N3O4. The maximum absolute atomic E-state index is 12.1. The summed E-state index contributed by atoms with van der Waals surface area (Å²) in [7, 11) is 0. The number of hydrogen-bond acceptors (Lipinski definition) is 6. The number of nitrogens with zero attached hydrogens (tertiary/aromatic N) is 2. The standard InChI is InChI=1S/C21H19N3O4/c22-12-14-1-6-19-18(11-14)24-21(28-19)15-2-4-16(5-3-15)23-20(25)13-27-17-7-9-26-10-8-17/h1-6,11,17H,7-10,13H2,(H,23,25). The molecule has 1 N–H and O–H groups in total. The number of anilines is 1. The van der Waals surface area contributed by atoms with Gasteiger partial charge in [0, 0.05) is 24.5 Å². The van der Waals surface area contributed by atoms with Crippen LogP contribution in [0.5, 0.6) is 0 Å². The molecular weight excluding hydrogens is 358 g/mol. The number of nitriles is 1. The minimum absolute atomic E-state index is 0.0266. The van der Waals surface area contributed by atoms with E-state index in [-0.39, 0.29) is 18.6 Å². The van der Waals surface area contributed by atoms with Crippen molar-refractivity contribution in [2.45, 2.75) is 18.9 Å². The molecule has 1 aliphatic heterocycles. The summed E-state index contributed by atoms with van der Waals surface area (Å²) in [6.45, 7) is 1.39. The molecule has 0 aliphatic carbocycles. The van der Waals surface area contributed by atoms with E-state index in [0.717, 1.165) is 18.4 Å². The highest BCUT2D eigenvalue weighted by atomic mass is 16.5. The summed E-state index contributed by atoms with van der Waals surface area (Å²) < 4.78 is 16.6. The molecule has 142 valence electrons. The second kappa shape index (κ2) is 8.21. The van der Waals surface area contributed by atoms with Crippen LogP contribution in [0.15, 0.2) is 46.9 Å². The van der Waals surface area contributed by atoms with Crippen molar-refractivity contribution < 1.29 is 18.7 Å². The van der Waals surface area contributed by atoms with Crippen molar-refractivity contribution in [3.8, 4) is 17.5 Å². The Labute approximate surface area is 161 Å². The number of carbonyl (C=O) groups is 1. The van der Waals surface area contributed by atoms with Crippen LogP contribution >= 0.6 is 0 Å². The third-order valence-corrected chi connectivity index (χ3v) is 4.55. The topological polar surface area (TPSA) is 97.4 Å². The molecule has 1 aromatic heterocycles. The van der Waals surface area contributed by atoms with Gasteiger partial charge in [-0.1, -0.05) is 0 Å². The van der Waals surface area contributed by atoms with Crippen molar-refractivity contribution in [2.24, 2.45) is 0 Å². The van der Waals surface area contributed by atoms with Crippen molar-refractivity contribution in [3.05, 3.63) is 48.0 Å². The minimum atomic E-state index is -0.190. The average molecular weight is 377 g/mol. The molecule has 7 nitrogen and oxygen atoms in total. The van der Waals surface area contributed by atoms with Crippen LogP contribution in [0.2, 0.25) is 0 Å². The fourth-order valence-corrected chi connectivity index (χ4v) is 3.05. The lowest BCUT2D eigenvalue weighted by atomic mass is 10.1. The Kier molecular flexibility index (Phi) is 5.33. The maximum Gasteiger partial charge on any atom is 0.250 e. The van der Waals surface area contributed by atoms with Gasteiger partial charge in [0.2, 0.25) is 11.8 Å². The summed E-state index contributed by atoms with van der Waals surface area (Å²) in [6.07, 6.45) is 1.73. The lowest BCUT2D eigenvalue weighted by Crippen LogP contribution is -2.28. The Hall–Kier alpha value is -3.21. The van der Waals surface area contributed by atoms with Gasteiger partial charge in [0.1, 0.15) is 12.1 Å². The number of amides is 1. The number of rotatable bonds is 5. The zero-order valence-electron chi connectivity index (χ0n) is 15.2. The molecule has 28 heavy (non-hydrogen) atoms. The average Bonchev–Trinajstić information content (AvgIpc) is 3.17. The summed E-state index contributed by atoms with van der Waals surface area (Å²) in [5.74, 6) is 0.274. The van der Waals surface area contributed by atoms with Crippen LogP contribution in [0.25, 0.3) is 22.6 Å². The molecule has 3 aromatic rings. The molecule has 0 bridgehead atoms. The van der Waals surface area contributed by atoms with Crippen molar-refractivity contribution >= 4 is 22.7 Å². The fourth-order valence-electron chi connectivity index (χ4n) is 3.05. The highest BCUT2D eigenvalue weighted by Gasteiger charge is 2.16. The molecule has 0 saturated carbocycles. The molecule has 1 amide bonds. The van der Waals surface area contributed by atoms with Gasteiger partial charge in [0.25, 0.3) is 0 Å². The Morgan fingerprint density at radius 2 is 2.00 bits per heavy atom. The highest BCUT2D eigenvalue weighted by molar-refractivity contribution is 5.92. The third kappa shape index (κ3) is 4.19. The molecule has 0 spiro atoms. The summed E-state index contributed by atoms with van der Waals surface area (Å²) in [5, 5.41) is 11.8. The Morgan fingerprint density at radius 3 is 2.75 bits per heavy atom. The monoisotopic (exact) mass is 377 g/mol. The van der Waals surface area contributed by atoms with Crippen molar-refractivity contribution in [2.75, 3.05) is 25.1 Å². The lowest BCUT2D eigenvalue weighted by Gasteiger charge is -2.22. The second-order valence-corrected chi connectivity index (χ2v) is 6.56. The van der Waals surface area contributed by atoms with Crippen LogP contribution in [0.4, 0.5) is 5.69 Å². The molecule has 0 radical (unpaired) electrons. The van der Waals surface area contributed by atoms with Gasteiger partial charge in [-0.15, -0.1) is 0 Å². The van der Waals surface area contributed by atoms with E-state index in [1.54, 1.807) is 30.3 Å². The first-order valence-corrected chi connectivity index (χ1v) is 9.11. The van der Waals surface area contributed by atoms with E-state index in [1.165, 1.54) is 0 Å². The van der Waals surface area contributed by atoms with Gasteiger partial charge < -0.3 is 19.2 Å². The molecule has 1 aliphatic rings. The highest BCUT2D eigenvalue weighted by Crippen LogP contribution is 2.26. The molecule has 1 saturated heterocycles. The van der Waals surface area contributed by atoms with E-state index in [2.05, 4.69) is 16.4 Å². The summed E-state index contributed by atoms with van der Waals surface area (Å²) >= 11 is 0. The van der Waals surface area contributed by atoms with Crippen LogP contribution in [0.3, 0.4) is 0 Å². The first-order chi connectivity index (χ1) is 13.7. The zero-order valence-corrected chi connectivity index (χ0v) is 15.2. The van der Waals surface area contributed by atoms with Gasteiger partial charge in [-0.05, 0) is 55.3 Å². The Bertz CT molecular complexity index is 1010. The first-order valence-electron chi connectivity index (χ1n) is 9.11. The van der Waals surface area contributed by atoms with Gasteiger partial charge in [-0.2, -0.15) is 5.26 Å². The lowest BCUT2D eigenvalue weighted by molar-refractivity contribution is -0.124. The quantitative estimate of drug-likeness (QED) is 0.731. The number of nitrogens with one attached hydrogen (secondary N) is 1. The second-order valence-electron chi connectivity index (χ2n) is 6.56. The normalized spacial score (nSPS) is 14.7. The smallest absolute Gasteiger partial charge is 0.250 e. The van der Waals surface area contributed by atoms with E-state index in [4.69, 9.17) is 19.2 Å². The van der Waals surface area contributed by atoms with Gasteiger partial charge >= 0.3 is 0 Å². The molecule has 0 unspecified atom stereocenters. The van der Waals surface area contributed by atoms with Gasteiger partial charge in [0.15, 0.2) is 5.58 Å². The van der Waals surface area contributed by atoms with Crippen LogP contribution in [0, 0.1) is 11.3 Å². The molecule has 1 fully saturated rings. The van der Waals surface area contributed by atoms with Gasteiger partial charge in [-0.3, -0.25) is 4.79 Å². The number of hydrogen-bond donors (Lipinski definition) is 1. The number of carbonyl (C=O) groups excluding carboxylic acids is 1. The molecule has 2 heterocycles. The summed E-state index contributed by atoms with van der Waals surface area (Å²) in [5.41, 5.74) is 3.25. The predicted octanol–water partition coefficient (Wildman–Crippen LogP) is 3.50. The molecule has 0 atom stereocenters. The molecule has 2 aromatic carbocycles. The number of ether oxygens (including phenoxy) is 2. The maximum atomic E-state index is 12.1. The van der Waals surface area contributed by atoms with Crippen molar-refractivity contribution in [1.82, 2.24) is 4.98 Å². The SMILES string of the molecule is N#Cc1ccc2oc(-c3ccc(NC(=O)COC4CCOCC4)cc3)nc2c1.